The van der Waals surface area contributed by atoms with Crippen LogP contribution in [0.2, 0.25) is 0 Å². The quantitative estimate of drug-likeness (QED) is 0.154. The maximum Gasteiger partial charge on any atom is 0.333 e. The van der Waals surface area contributed by atoms with Crippen molar-refractivity contribution in [1.82, 2.24) is 4.57 Å². The van der Waals surface area contributed by atoms with Crippen molar-refractivity contribution in [3.8, 4) is 16.8 Å². The second kappa shape index (κ2) is 12.4. The van der Waals surface area contributed by atoms with Crippen LogP contribution in [0.1, 0.15) is 83.6 Å². The van der Waals surface area contributed by atoms with E-state index in [0.29, 0.717) is 0 Å². The van der Waals surface area contributed by atoms with Crippen LogP contribution < -0.4 is 15.7 Å². The Bertz CT molecular complexity index is 4220. The summed E-state index contributed by atoms with van der Waals surface area (Å²) >= 11 is 1.96. The smallest absolute Gasteiger partial charge is 0.333 e. The van der Waals surface area contributed by atoms with E-state index in [1.165, 1.54) is 116 Å². The molecule has 324 valence electrons. The van der Waals surface area contributed by atoms with Gasteiger partial charge in [-0.25, -0.2) is 0 Å². The lowest BCUT2D eigenvalue weighted by atomic mass is 9.44. The number of para-hydroxylation sites is 2. The lowest BCUT2D eigenvalue weighted by Crippen LogP contribution is -2.60. The molecule has 4 aromatic heterocycles. The van der Waals surface area contributed by atoms with Crippen LogP contribution in [-0.2, 0) is 16.2 Å². The second-order valence-electron chi connectivity index (χ2n) is 22.4. The number of anilines is 2. The van der Waals surface area contributed by atoms with Gasteiger partial charge in [-0.1, -0.05) is 103 Å². The van der Waals surface area contributed by atoms with Gasteiger partial charge in [0, 0.05) is 75.1 Å². The molecule has 3 aliphatic rings. The Morgan fingerprint density at radius 3 is 1.88 bits per heavy atom. The topological polar surface area (TPSA) is 34.5 Å². The zero-order valence-electron chi connectivity index (χ0n) is 39.2. The van der Waals surface area contributed by atoms with Crippen LogP contribution in [0.5, 0.6) is 0 Å². The molecule has 2 aliphatic heterocycles. The molecule has 6 heterocycles. The number of aromatic nitrogens is 1. The van der Waals surface area contributed by atoms with Crippen molar-refractivity contribution in [3.63, 3.8) is 0 Å². The van der Waals surface area contributed by atoms with Gasteiger partial charge in [0.15, 0.2) is 0 Å². The highest BCUT2D eigenvalue weighted by atomic mass is 32.1. The van der Waals surface area contributed by atoms with E-state index in [9.17, 15) is 0 Å². The summed E-state index contributed by atoms with van der Waals surface area (Å²) < 4.78 is 18.7. The highest BCUT2D eigenvalue weighted by Crippen LogP contribution is 2.53. The molecule has 15 rings (SSSR count). The minimum absolute atomic E-state index is 0.0215. The van der Waals surface area contributed by atoms with E-state index in [0.717, 1.165) is 43.9 Å². The lowest BCUT2D eigenvalue weighted by molar-refractivity contribution is 0.332. The number of hydrogen-bond donors (Lipinski definition) is 0. The van der Waals surface area contributed by atoms with E-state index >= 15 is 0 Å². The van der Waals surface area contributed by atoms with Crippen LogP contribution in [0, 0.1) is 6.92 Å². The molecule has 0 N–H and O–H groups in total. The van der Waals surface area contributed by atoms with Crippen molar-refractivity contribution >= 4 is 126 Å². The van der Waals surface area contributed by atoms with Crippen molar-refractivity contribution in [2.45, 2.75) is 84.5 Å². The van der Waals surface area contributed by atoms with Gasteiger partial charge in [-0.05, 0) is 148 Å². The van der Waals surface area contributed by atoms with Gasteiger partial charge in [-0.15, -0.1) is 11.3 Å². The first kappa shape index (κ1) is 38.4. The van der Waals surface area contributed by atoms with Crippen molar-refractivity contribution in [3.05, 3.63) is 150 Å². The zero-order chi connectivity index (χ0) is 45.2. The molecule has 1 aliphatic carbocycles. The van der Waals surface area contributed by atoms with Crippen molar-refractivity contribution in [2.24, 2.45) is 0 Å². The summed E-state index contributed by atoms with van der Waals surface area (Å²) in [7, 11) is 0. The molecule has 0 saturated heterocycles. The van der Waals surface area contributed by atoms with Crippen LogP contribution in [0.4, 0.5) is 11.4 Å². The third-order valence-corrected chi connectivity index (χ3v) is 17.6. The Kier molecular flexibility index (Phi) is 7.11. The van der Waals surface area contributed by atoms with Crippen LogP contribution in [0.15, 0.2) is 136 Å². The first-order valence-electron chi connectivity index (χ1n) is 24.1. The molecule has 0 unspecified atom stereocenters. The molecule has 0 radical (unpaired) electrons. The molecule has 4 nitrogen and oxygen atoms in total. The van der Waals surface area contributed by atoms with E-state index in [1.54, 1.807) is 0 Å². The Balaban J connectivity index is 1.11. The molecular weight excluding hydrogens is 836 g/mol. The van der Waals surface area contributed by atoms with Gasteiger partial charge in [0.2, 0.25) is 0 Å². The van der Waals surface area contributed by atoms with Gasteiger partial charge in [0.05, 0.1) is 11.0 Å². The van der Waals surface area contributed by atoms with E-state index in [1.807, 2.05) is 11.3 Å². The van der Waals surface area contributed by atoms with E-state index in [4.69, 9.17) is 8.83 Å². The monoisotopic (exact) mass is 884 g/mol. The highest BCUT2D eigenvalue weighted by molar-refractivity contribution is 7.25. The molecule has 0 saturated carbocycles. The second-order valence-corrected chi connectivity index (χ2v) is 23.5. The number of fused-ring (bicyclic) bond motifs is 18. The number of thiophene rings is 1. The van der Waals surface area contributed by atoms with Crippen LogP contribution in [0.25, 0.3) is 103 Å². The third kappa shape index (κ3) is 4.94. The third-order valence-electron chi connectivity index (χ3n) is 16.5. The zero-order valence-corrected chi connectivity index (χ0v) is 40.1. The molecule has 0 fully saturated rings. The minimum atomic E-state index is -0.144. The van der Waals surface area contributed by atoms with Crippen molar-refractivity contribution in [1.29, 1.82) is 0 Å². The van der Waals surface area contributed by atoms with Gasteiger partial charge < -0.3 is 18.2 Å². The predicted octanol–water partition coefficient (Wildman–Crippen LogP) is 16.1. The summed E-state index contributed by atoms with van der Waals surface area (Å²) in [5.74, 6) is 0. The summed E-state index contributed by atoms with van der Waals surface area (Å²) in [6, 6.07) is 48.7. The SMILES string of the molecule is Cc1cc2c3c4c1c1cc5oc6ccccc6c5cc1n4-c1cc4c(cc1B3N(c1ccc(C(C)(C)C)cc1)c1cc3c(cc1-2)sc1cc2c(cc13)C(C)(C)CCC2(C)C)oc1ccccc14. The van der Waals surface area contributed by atoms with Gasteiger partial charge in [0.1, 0.15) is 22.3 Å². The number of rotatable bonds is 1. The fourth-order valence-corrected chi connectivity index (χ4v) is 14.0. The number of aryl methyl sites for hydroxylation is 1. The van der Waals surface area contributed by atoms with Crippen molar-refractivity contribution < 1.29 is 8.83 Å². The molecule has 0 atom stereocenters. The maximum atomic E-state index is 6.80. The molecule has 12 aromatic rings. The largest absolute Gasteiger partial charge is 0.456 e. The van der Waals surface area contributed by atoms with Gasteiger partial charge >= 0.3 is 6.85 Å². The first-order valence-corrected chi connectivity index (χ1v) is 24.9. The number of hydrogen-bond acceptors (Lipinski definition) is 4. The summed E-state index contributed by atoms with van der Waals surface area (Å²) in [4.78, 5) is 2.68. The van der Waals surface area contributed by atoms with Crippen LogP contribution in [0.3, 0.4) is 0 Å². The summed E-state index contributed by atoms with van der Waals surface area (Å²) in [6.07, 6.45) is 2.40. The van der Waals surface area contributed by atoms with Crippen LogP contribution in [-0.4, -0.2) is 11.4 Å². The molecular formula is C61H49BN2O2S. The molecule has 0 spiro atoms. The molecule has 6 heteroatoms. The molecule has 0 bridgehead atoms. The van der Waals surface area contributed by atoms with Gasteiger partial charge in [-0.3, -0.25) is 0 Å². The van der Waals surface area contributed by atoms with E-state index in [-0.39, 0.29) is 23.1 Å². The van der Waals surface area contributed by atoms with E-state index in [2.05, 4.69) is 192 Å². The van der Waals surface area contributed by atoms with Gasteiger partial charge in [-0.2, -0.15) is 0 Å². The Labute approximate surface area is 393 Å². The Hall–Kier alpha value is -6.76. The fraction of sp³-hybridized carbons (Fsp3) is 0.213. The summed E-state index contributed by atoms with van der Waals surface area (Å²) in [6.45, 7) is 18.9. The number of nitrogens with zero attached hydrogens (tertiary/aromatic N) is 2. The van der Waals surface area contributed by atoms with E-state index < -0.39 is 0 Å². The highest BCUT2D eigenvalue weighted by Gasteiger charge is 2.45. The summed E-state index contributed by atoms with van der Waals surface area (Å²) in [5.41, 5.74) is 20.8. The Morgan fingerprint density at radius 2 is 1.18 bits per heavy atom. The maximum absolute atomic E-state index is 6.80. The lowest BCUT2D eigenvalue weighted by Gasteiger charge is -2.42. The molecule has 8 aromatic carbocycles. The van der Waals surface area contributed by atoms with Crippen molar-refractivity contribution in [2.75, 3.05) is 4.81 Å². The predicted molar refractivity (Wildman–Crippen MR) is 286 cm³/mol. The first-order chi connectivity index (χ1) is 32.2. The summed E-state index contributed by atoms with van der Waals surface area (Å²) in [5, 5.41) is 9.76. The number of benzene rings is 8. The average molecular weight is 885 g/mol. The fourth-order valence-electron chi connectivity index (χ4n) is 12.9. The van der Waals surface area contributed by atoms with Gasteiger partial charge in [0.25, 0.3) is 0 Å². The van der Waals surface area contributed by atoms with Crippen LogP contribution >= 0.6 is 11.3 Å². The molecule has 67 heavy (non-hydrogen) atoms. The Morgan fingerprint density at radius 1 is 0.567 bits per heavy atom. The minimum Gasteiger partial charge on any atom is -0.456 e. The number of furan rings is 2. The molecule has 0 amide bonds. The average Bonchev–Trinajstić information content (AvgIpc) is 4.06. The normalized spacial score (nSPS) is 16.1. The standard InChI is InChI=1S/C61H49BN2O2S/c1-32-23-42-37-29-54-41(40-24-44-45(30-55(40)67-54)61(7,8)22-21-60(44,5)6)27-48(37)64(34-19-17-33(18-20-34)59(2,3)4)62-46-31-53-39(36-14-10-12-16-51(36)66-53)26-49(46)63-47-25-38-35-13-9-11-15-50(35)65-52(38)28-43(47)56(32)58(63)57(42)62/h9-20,23-31H,21-22H2,1-8H3.